The van der Waals surface area contributed by atoms with E-state index in [-0.39, 0.29) is 5.54 Å². The molecular formula is C15H24ClN3. The molecule has 1 aliphatic rings. The van der Waals surface area contributed by atoms with Crippen molar-refractivity contribution >= 4 is 17.3 Å². The topological polar surface area (TPSA) is 19.4 Å². The maximum absolute atomic E-state index is 6.03. The number of anilines is 1. The monoisotopic (exact) mass is 281 g/mol. The van der Waals surface area contributed by atoms with Crippen LogP contribution in [0.2, 0.25) is 0 Å². The van der Waals surface area contributed by atoms with E-state index in [1.807, 2.05) is 13.1 Å². The van der Waals surface area contributed by atoms with Crippen molar-refractivity contribution in [3.63, 3.8) is 0 Å². The van der Waals surface area contributed by atoms with E-state index in [0.717, 1.165) is 37.4 Å². The Labute approximate surface area is 121 Å². The number of rotatable bonds is 2. The van der Waals surface area contributed by atoms with E-state index in [2.05, 4.69) is 41.6 Å². The molecule has 19 heavy (non-hydrogen) atoms. The van der Waals surface area contributed by atoms with Crippen molar-refractivity contribution in [2.24, 2.45) is 0 Å². The van der Waals surface area contributed by atoms with E-state index in [1.165, 1.54) is 5.69 Å². The van der Waals surface area contributed by atoms with E-state index >= 15 is 0 Å². The summed E-state index contributed by atoms with van der Waals surface area (Å²) in [5, 5.41) is 0. The molecule has 1 aromatic rings. The number of hydrogen-bond acceptors (Lipinski definition) is 3. The first-order valence-corrected chi connectivity index (χ1v) is 7.47. The van der Waals surface area contributed by atoms with Gasteiger partial charge in [-0.15, -0.1) is 11.6 Å². The quantitative estimate of drug-likeness (QED) is 0.777. The molecule has 0 aliphatic carbocycles. The van der Waals surface area contributed by atoms with E-state index in [0.29, 0.717) is 5.88 Å². The summed E-state index contributed by atoms with van der Waals surface area (Å²) in [5.41, 5.74) is 3.71. The standard InChI is InChI=1S/C15H24ClN3/c1-12-9-14(13(10-16)11-17-12)18-5-7-19(8-6-18)15(2,3)4/h9,11H,5-8,10H2,1-4H3. The number of aromatic nitrogens is 1. The molecule has 4 heteroatoms. The Kier molecular flexibility index (Phi) is 4.36. The van der Waals surface area contributed by atoms with Crippen LogP contribution in [0, 0.1) is 6.92 Å². The minimum absolute atomic E-state index is 0.259. The Morgan fingerprint density at radius 1 is 1.21 bits per heavy atom. The molecule has 0 aromatic carbocycles. The third kappa shape index (κ3) is 3.40. The van der Waals surface area contributed by atoms with Gasteiger partial charge in [0.25, 0.3) is 0 Å². The second-order valence-corrected chi connectivity index (χ2v) is 6.50. The van der Waals surface area contributed by atoms with Crippen LogP contribution in [0.1, 0.15) is 32.0 Å². The van der Waals surface area contributed by atoms with Gasteiger partial charge < -0.3 is 4.90 Å². The van der Waals surface area contributed by atoms with E-state index in [1.54, 1.807) is 0 Å². The van der Waals surface area contributed by atoms with E-state index in [9.17, 15) is 0 Å². The Morgan fingerprint density at radius 3 is 2.37 bits per heavy atom. The second-order valence-electron chi connectivity index (χ2n) is 6.23. The number of aryl methyl sites for hydroxylation is 1. The molecule has 1 aliphatic heterocycles. The molecule has 3 nitrogen and oxygen atoms in total. The fourth-order valence-corrected chi connectivity index (χ4v) is 2.80. The summed E-state index contributed by atoms with van der Waals surface area (Å²) >= 11 is 6.03. The fourth-order valence-electron chi connectivity index (χ4n) is 2.59. The van der Waals surface area contributed by atoms with Crippen molar-refractivity contribution in [1.82, 2.24) is 9.88 Å². The van der Waals surface area contributed by atoms with Gasteiger partial charge in [0.1, 0.15) is 0 Å². The first-order chi connectivity index (χ1) is 8.91. The van der Waals surface area contributed by atoms with Crippen molar-refractivity contribution in [1.29, 1.82) is 0 Å². The first kappa shape index (κ1) is 14.6. The highest BCUT2D eigenvalue weighted by molar-refractivity contribution is 6.17. The molecule has 106 valence electrons. The normalized spacial score (nSPS) is 17.8. The minimum Gasteiger partial charge on any atom is -0.369 e. The van der Waals surface area contributed by atoms with E-state index in [4.69, 9.17) is 11.6 Å². The number of piperazine rings is 1. The van der Waals surface area contributed by atoms with Gasteiger partial charge in [-0.1, -0.05) is 0 Å². The van der Waals surface area contributed by atoms with Crippen LogP contribution in [0.3, 0.4) is 0 Å². The third-order valence-electron chi connectivity index (χ3n) is 3.81. The number of pyridine rings is 1. The van der Waals surface area contributed by atoms with E-state index < -0.39 is 0 Å². The lowest BCUT2D eigenvalue weighted by atomic mass is 10.0. The van der Waals surface area contributed by atoms with Crippen molar-refractivity contribution in [3.05, 3.63) is 23.5 Å². The molecule has 0 bridgehead atoms. The van der Waals surface area contributed by atoms with Crippen LogP contribution < -0.4 is 4.90 Å². The molecule has 0 saturated carbocycles. The molecule has 2 rings (SSSR count). The van der Waals surface area contributed by atoms with Gasteiger partial charge in [0.2, 0.25) is 0 Å². The van der Waals surface area contributed by atoms with Gasteiger partial charge in [0, 0.05) is 54.9 Å². The number of halogens is 1. The van der Waals surface area contributed by atoms with Gasteiger partial charge in [0.15, 0.2) is 0 Å². The van der Waals surface area contributed by atoms with Gasteiger partial charge in [-0.25, -0.2) is 0 Å². The Balaban J connectivity index is 2.11. The van der Waals surface area contributed by atoms with Gasteiger partial charge >= 0.3 is 0 Å². The largest absolute Gasteiger partial charge is 0.369 e. The molecule has 0 radical (unpaired) electrons. The molecule has 1 aromatic heterocycles. The van der Waals surface area contributed by atoms with Crippen molar-refractivity contribution < 1.29 is 0 Å². The zero-order chi connectivity index (χ0) is 14.0. The van der Waals surface area contributed by atoms with Gasteiger partial charge in [-0.2, -0.15) is 0 Å². The molecule has 1 fully saturated rings. The van der Waals surface area contributed by atoms with Gasteiger partial charge in [-0.05, 0) is 33.8 Å². The molecule has 0 spiro atoms. The summed E-state index contributed by atoms with van der Waals surface area (Å²) in [7, 11) is 0. The van der Waals surface area contributed by atoms with Crippen LogP contribution in [0.15, 0.2) is 12.3 Å². The maximum Gasteiger partial charge on any atom is 0.0509 e. The molecule has 0 amide bonds. The van der Waals surface area contributed by atoms with Crippen molar-refractivity contribution in [3.8, 4) is 0 Å². The number of alkyl halides is 1. The van der Waals surface area contributed by atoms with Crippen LogP contribution in [0.5, 0.6) is 0 Å². The molecule has 0 atom stereocenters. The smallest absolute Gasteiger partial charge is 0.0509 e. The summed E-state index contributed by atoms with van der Waals surface area (Å²) < 4.78 is 0. The predicted molar refractivity (Wildman–Crippen MR) is 82.1 cm³/mol. The highest BCUT2D eigenvalue weighted by atomic mass is 35.5. The van der Waals surface area contributed by atoms with Crippen molar-refractivity contribution in [2.45, 2.75) is 39.1 Å². The SMILES string of the molecule is Cc1cc(N2CCN(C(C)(C)C)CC2)c(CCl)cn1. The number of hydrogen-bond donors (Lipinski definition) is 0. The lowest BCUT2D eigenvalue weighted by Crippen LogP contribution is -2.53. The number of nitrogens with zero attached hydrogens (tertiary/aromatic N) is 3. The van der Waals surface area contributed by atoms with Gasteiger partial charge in [-0.3, -0.25) is 9.88 Å². The average molecular weight is 282 g/mol. The highest BCUT2D eigenvalue weighted by Gasteiger charge is 2.26. The predicted octanol–water partition coefficient (Wildman–Crippen LogP) is 3.05. The summed E-state index contributed by atoms with van der Waals surface area (Å²) in [6.07, 6.45) is 1.91. The lowest BCUT2D eigenvalue weighted by molar-refractivity contribution is 0.128. The Hall–Kier alpha value is -0.800. The molecule has 2 heterocycles. The van der Waals surface area contributed by atoms with Crippen LogP contribution in [-0.4, -0.2) is 41.6 Å². The van der Waals surface area contributed by atoms with Crippen molar-refractivity contribution in [2.75, 3.05) is 31.1 Å². The Morgan fingerprint density at radius 2 is 1.84 bits per heavy atom. The first-order valence-electron chi connectivity index (χ1n) is 6.93. The molecule has 0 N–H and O–H groups in total. The van der Waals surface area contributed by atoms with Crippen LogP contribution >= 0.6 is 11.6 Å². The summed E-state index contributed by atoms with van der Waals surface area (Å²) in [4.78, 5) is 9.32. The lowest BCUT2D eigenvalue weighted by Gasteiger charge is -2.43. The average Bonchev–Trinajstić information content (AvgIpc) is 2.38. The molecular weight excluding hydrogens is 258 g/mol. The summed E-state index contributed by atoms with van der Waals surface area (Å²) in [6.45, 7) is 13.2. The van der Waals surface area contributed by atoms with Crippen LogP contribution in [0.25, 0.3) is 0 Å². The highest BCUT2D eigenvalue weighted by Crippen LogP contribution is 2.25. The third-order valence-corrected chi connectivity index (χ3v) is 4.10. The van der Waals surface area contributed by atoms with Crippen LogP contribution in [0.4, 0.5) is 5.69 Å². The fraction of sp³-hybridized carbons (Fsp3) is 0.667. The molecule has 0 unspecified atom stereocenters. The Bertz CT molecular complexity index is 432. The second kappa shape index (κ2) is 5.68. The zero-order valence-corrected chi connectivity index (χ0v) is 13.2. The zero-order valence-electron chi connectivity index (χ0n) is 12.4. The van der Waals surface area contributed by atoms with Crippen LogP contribution in [-0.2, 0) is 5.88 Å². The maximum atomic E-state index is 6.03. The molecule has 1 saturated heterocycles. The van der Waals surface area contributed by atoms with Gasteiger partial charge in [0.05, 0.1) is 5.88 Å². The minimum atomic E-state index is 0.259. The summed E-state index contributed by atoms with van der Waals surface area (Å²) in [5.74, 6) is 0.530. The summed E-state index contributed by atoms with van der Waals surface area (Å²) in [6, 6.07) is 2.16.